The summed E-state index contributed by atoms with van der Waals surface area (Å²) in [4.78, 5) is 21.5. The van der Waals surface area contributed by atoms with Gasteiger partial charge in [-0.3, -0.25) is 4.79 Å². The van der Waals surface area contributed by atoms with Crippen molar-refractivity contribution in [2.75, 3.05) is 0 Å². The van der Waals surface area contributed by atoms with E-state index in [0.29, 0.717) is 0 Å². The van der Waals surface area contributed by atoms with Gasteiger partial charge in [-0.25, -0.2) is 4.98 Å². The average Bonchev–Trinajstić information content (AvgIpc) is 3.36. The van der Waals surface area contributed by atoms with Gasteiger partial charge in [-0.2, -0.15) is 0 Å². The maximum atomic E-state index is 13.3. The lowest BCUT2D eigenvalue weighted by molar-refractivity contribution is 0.0946. The molecule has 5 aromatic rings. The van der Waals surface area contributed by atoms with Gasteiger partial charge >= 0.3 is 0 Å². The van der Waals surface area contributed by atoms with Crippen LogP contribution in [-0.2, 0) is 0 Å². The minimum absolute atomic E-state index is 0.0535. The van der Waals surface area contributed by atoms with Gasteiger partial charge in [0.1, 0.15) is 0 Å². The summed E-state index contributed by atoms with van der Waals surface area (Å²) in [6, 6.07) is 24.0. The zero-order chi connectivity index (χ0) is 19.8. The number of benzene rings is 3. The summed E-state index contributed by atoms with van der Waals surface area (Å²) in [5.41, 5.74) is 4.94. The van der Waals surface area contributed by atoms with Gasteiger partial charge < -0.3 is 10.3 Å². The highest BCUT2D eigenvalue weighted by molar-refractivity contribution is 7.21. The van der Waals surface area contributed by atoms with Crippen LogP contribution >= 0.6 is 11.3 Å². The van der Waals surface area contributed by atoms with Crippen LogP contribution in [0.25, 0.3) is 21.1 Å². The van der Waals surface area contributed by atoms with Gasteiger partial charge in [-0.15, -0.1) is 11.3 Å². The number of thiophene rings is 1. The van der Waals surface area contributed by atoms with E-state index in [9.17, 15) is 4.79 Å². The molecule has 2 N–H and O–H groups in total. The first-order chi connectivity index (χ1) is 14.2. The van der Waals surface area contributed by atoms with Crippen LogP contribution in [0.15, 0.2) is 79.1 Å². The highest BCUT2D eigenvalue weighted by Gasteiger charge is 2.21. The first-order valence-electron chi connectivity index (χ1n) is 9.47. The number of nitrogens with one attached hydrogen (secondary N) is 2. The number of rotatable bonds is 4. The number of aryl methyl sites for hydroxylation is 1. The summed E-state index contributed by atoms with van der Waals surface area (Å²) in [6.45, 7) is 2.02. The molecule has 0 saturated heterocycles. The number of carbonyl (C=O) groups excluding carboxylic acids is 1. The van der Waals surface area contributed by atoms with E-state index in [2.05, 4.69) is 33.5 Å². The summed E-state index contributed by atoms with van der Waals surface area (Å²) < 4.78 is 1.13. The first kappa shape index (κ1) is 17.6. The Balaban J connectivity index is 1.55. The predicted molar refractivity (Wildman–Crippen MR) is 118 cm³/mol. The molecule has 0 aliphatic carbocycles. The molecule has 2 heterocycles. The monoisotopic (exact) mass is 397 g/mol. The largest absolute Gasteiger partial charge is 0.345 e. The lowest BCUT2D eigenvalue weighted by Gasteiger charge is -2.20. The number of aromatic amines is 1. The van der Waals surface area contributed by atoms with Crippen molar-refractivity contribution < 1.29 is 4.79 Å². The third-order valence-corrected chi connectivity index (χ3v) is 6.51. The molecule has 0 saturated carbocycles. The zero-order valence-electron chi connectivity index (χ0n) is 15.8. The van der Waals surface area contributed by atoms with Crippen molar-refractivity contribution in [2.24, 2.45) is 0 Å². The van der Waals surface area contributed by atoms with Crippen molar-refractivity contribution in [1.29, 1.82) is 0 Å². The van der Waals surface area contributed by atoms with Gasteiger partial charge in [0.05, 0.1) is 28.3 Å². The Morgan fingerprint density at radius 2 is 1.79 bits per heavy atom. The Labute approximate surface area is 172 Å². The van der Waals surface area contributed by atoms with Crippen molar-refractivity contribution in [3.8, 4) is 0 Å². The Kier molecular flexibility index (Phi) is 4.37. The van der Waals surface area contributed by atoms with Crippen LogP contribution in [0.3, 0.4) is 0 Å². The van der Waals surface area contributed by atoms with E-state index in [-0.39, 0.29) is 11.9 Å². The van der Waals surface area contributed by atoms with E-state index in [4.69, 9.17) is 0 Å². The molecular weight excluding hydrogens is 378 g/mol. The third kappa shape index (κ3) is 3.19. The molecule has 0 fully saturated rings. The number of carbonyl (C=O) groups is 1. The number of hydrogen-bond acceptors (Lipinski definition) is 3. The molecule has 5 heteroatoms. The maximum Gasteiger partial charge on any atom is 0.262 e. The molecule has 0 radical (unpaired) electrons. The van der Waals surface area contributed by atoms with Crippen LogP contribution in [0.4, 0.5) is 0 Å². The van der Waals surface area contributed by atoms with E-state index in [0.717, 1.165) is 42.7 Å². The van der Waals surface area contributed by atoms with Crippen LogP contribution in [0.1, 0.15) is 32.4 Å². The normalized spacial score (nSPS) is 12.3. The third-order valence-electron chi connectivity index (χ3n) is 5.24. The number of aromatic nitrogens is 2. The summed E-state index contributed by atoms with van der Waals surface area (Å²) in [6.07, 6.45) is 1.69. The van der Waals surface area contributed by atoms with Crippen LogP contribution in [0, 0.1) is 6.92 Å². The number of H-pyrrole nitrogens is 1. The van der Waals surface area contributed by atoms with Gasteiger partial charge in [0.25, 0.3) is 5.91 Å². The van der Waals surface area contributed by atoms with Gasteiger partial charge in [-0.05, 0) is 47.2 Å². The molecule has 0 bridgehead atoms. The molecule has 3 aromatic carbocycles. The molecule has 29 heavy (non-hydrogen) atoms. The second-order valence-electron chi connectivity index (χ2n) is 7.05. The standard InChI is InChI=1S/C24H19N3OS/c1-15-18-9-5-6-10-21(18)29-23(15)24(28)27-22(16-7-3-2-4-8-16)17-11-12-19-20(13-17)26-14-25-19/h2-14,22H,1H3,(H,25,26)(H,27,28). The molecule has 0 aliphatic rings. The molecule has 5 rings (SSSR count). The fraction of sp³-hybridized carbons (Fsp3) is 0.0833. The van der Waals surface area contributed by atoms with Gasteiger partial charge in [-0.1, -0.05) is 54.6 Å². The Morgan fingerprint density at radius 1 is 1.00 bits per heavy atom. The zero-order valence-corrected chi connectivity index (χ0v) is 16.7. The second-order valence-corrected chi connectivity index (χ2v) is 8.10. The maximum absolute atomic E-state index is 13.3. The van der Waals surface area contributed by atoms with Gasteiger partial charge in [0.2, 0.25) is 0 Å². The van der Waals surface area contributed by atoms with Gasteiger partial charge in [0.15, 0.2) is 0 Å². The van der Waals surface area contributed by atoms with E-state index in [1.807, 2.05) is 61.5 Å². The Hall–Kier alpha value is -3.44. The lowest BCUT2D eigenvalue weighted by Crippen LogP contribution is -2.29. The summed E-state index contributed by atoms with van der Waals surface area (Å²) >= 11 is 1.54. The van der Waals surface area contributed by atoms with E-state index >= 15 is 0 Å². The minimum Gasteiger partial charge on any atom is -0.345 e. The van der Waals surface area contributed by atoms with E-state index in [1.54, 1.807) is 17.7 Å². The van der Waals surface area contributed by atoms with Crippen molar-refractivity contribution in [3.63, 3.8) is 0 Å². The molecule has 1 unspecified atom stereocenters. The number of nitrogens with zero attached hydrogens (tertiary/aromatic N) is 1. The highest BCUT2D eigenvalue weighted by atomic mass is 32.1. The smallest absolute Gasteiger partial charge is 0.262 e. The topological polar surface area (TPSA) is 57.8 Å². The van der Waals surface area contributed by atoms with Gasteiger partial charge in [0, 0.05) is 4.70 Å². The van der Waals surface area contributed by atoms with E-state index in [1.165, 1.54) is 0 Å². The fourth-order valence-electron chi connectivity index (χ4n) is 3.72. The fourth-order valence-corrected chi connectivity index (χ4v) is 4.84. The summed E-state index contributed by atoms with van der Waals surface area (Å²) in [5.74, 6) is -0.0535. The van der Waals surface area contributed by atoms with Crippen LogP contribution < -0.4 is 5.32 Å². The second kappa shape index (κ2) is 7.18. The molecule has 1 atom stereocenters. The Bertz CT molecular complexity index is 1320. The average molecular weight is 398 g/mol. The van der Waals surface area contributed by atoms with Crippen molar-refractivity contribution in [2.45, 2.75) is 13.0 Å². The van der Waals surface area contributed by atoms with Crippen molar-refractivity contribution in [3.05, 3.63) is 101 Å². The number of imidazole rings is 1. The lowest BCUT2D eigenvalue weighted by atomic mass is 9.98. The van der Waals surface area contributed by atoms with E-state index < -0.39 is 0 Å². The molecule has 2 aromatic heterocycles. The van der Waals surface area contributed by atoms with Crippen LogP contribution in [0.2, 0.25) is 0 Å². The number of fused-ring (bicyclic) bond motifs is 2. The predicted octanol–water partition coefficient (Wildman–Crippen LogP) is 5.61. The minimum atomic E-state index is -0.249. The molecule has 0 aliphatic heterocycles. The molecule has 142 valence electrons. The quantitative estimate of drug-likeness (QED) is 0.414. The number of amides is 1. The van der Waals surface area contributed by atoms with Crippen LogP contribution in [0.5, 0.6) is 0 Å². The summed E-state index contributed by atoms with van der Waals surface area (Å²) in [5, 5.41) is 4.40. The molecule has 4 nitrogen and oxygen atoms in total. The molecular formula is C24H19N3OS. The van der Waals surface area contributed by atoms with Crippen molar-refractivity contribution >= 4 is 38.4 Å². The summed E-state index contributed by atoms with van der Waals surface area (Å²) in [7, 11) is 0. The van der Waals surface area contributed by atoms with Crippen LogP contribution in [-0.4, -0.2) is 15.9 Å². The Morgan fingerprint density at radius 3 is 2.62 bits per heavy atom. The first-order valence-corrected chi connectivity index (χ1v) is 10.3. The van der Waals surface area contributed by atoms with Crippen molar-refractivity contribution in [1.82, 2.24) is 15.3 Å². The SMILES string of the molecule is Cc1c(C(=O)NC(c2ccccc2)c2ccc3nc[nH]c3c2)sc2ccccc12. The highest BCUT2D eigenvalue weighted by Crippen LogP contribution is 2.32. The number of hydrogen-bond donors (Lipinski definition) is 2. The molecule has 1 amide bonds. The molecule has 0 spiro atoms.